The van der Waals surface area contributed by atoms with Gasteiger partial charge in [-0.05, 0) is 26.7 Å². The van der Waals surface area contributed by atoms with Gasteiger partial charge in [0, 0.05) is 18.6 Å². The number of nitrogens with two attached hydrogens (primary N) is 1. The second kappa shape index (κ2) is 4.99. The molecule has 0 radical (unpaired) electrons. The van der Waals surface area contributed by atoms with E-state index in [0.717, 1.165) is 19.3 Å². The Morgan fingerprint density at radius 2 is 2.28 bits per heavy atom. The van der Waals surface area contributed by atoms with Gasteiger partial charge in [0.05, 0.1) is 6.20 Å². The molecule has 0 saturated carbocycles. The minimum absolute atomic E-state index is 0.0130. The quantitative estimate of drug-likeness (QED) is 0.843. The Morgan fingerprint density at radius 3 is 2.83 bits per heavy atom. The lowest BCUT2D eigenvalue weighted by Crippen LogP contribution is -2.51. The molecule has 1 aromatic rings. The summed E-state index contributed by atoms with van der Waals surface area (Å²) in [6.45, 7) is 4.03. The predicted molar refractivity (Wildman–Crippen MR) is 68.5 cm³/mol. The molecule has 2 rings (SSSR count). The number of aromatic nitrogens is 2. The summed E-state index contributed by atoms with van der Waals surface area (Å²) in [5.41, 5.74) is 5.70. The number of hydrogen-bond donors (Lipinski definition) is 2. The zero-order valence-corrected chi connectivity index (χ0v) is 11.6. The molecule has 3 N–H and O–H groups in total. The van der Waals surface area contributed by atoms with E-state index in [-0.39, 0.29) is 17.1 Å². The van der Waals surface area contributed by atoms with Crippen molar-refractivity contribution in [3.05, 3.63) is 12.0 Å². The average Bonchev–Trinajstić information content (AvgIpc) is 2.75. The Kier molecular flexibility index (Phi) is 3.74. The topological polar surface area (TPSA) is 92.1 Å². The highest BCUT2D eigenvalue weighted by Gasteiger charge is 2.37. The number of aryl methyl sites for hydroxylation is 1. The van der Waals surface area contributed by atoms with Crippen molar-refractivity contribution in [2.75, 3.05) is 6.54 Å². The molecule has 1 saturated heterocycles. The molecule has 0 aliphatic carbocycles. The minimum atomic E-state index is -3.52. The van der Waals surface area contributed by atoms with Gasteiger partial charge < -0.3 is 10.7 Å². The molecular weight excluding hydrogens is 252 g/mol. The van der Waals surface area contributed by atoms with Crippen molar-refractivity contribution < 1.29 is 8.42 Å². The Bertz CT molecular complexity index is 511. The smallest absolute Gasteiger partial charge is 0.260 e. The fourth-order valence-electron chi connectivity index (χ4n) is 2.56. The van der Waals surface area contributed by atoms with Crippen LogP contribution < -0.4 is 5.73 Å². The molecular formula is C11H20N4O2S. The minimum Gasteiger partial charge on any atom is -0.332 e. The van der Waals surface area contributed by atoms with Crippen LogP contribution in [0.2, 0.25) is 0 Å². The van der Waals surface area contributed by atoms with Crippen LogP contribution in [-0.4, -0.2) is 41.3 Å². The highest BCUT2D eigenvalue weighted by molar-refractivity contribution is 7.89. The lowest BCUT2D eigenvalue weighted by Gasteiger charge is -2.38. The van der Waals surface area contributed by atoms with Crippen molar-refractivity contribution in [1.29, 1.82) is 0 Å². The average molecular weight is 272 g/mol. The molecule has 102 valence electrons. The summed E-state index contributed by atoms with van der Waals surface area (Å²) < 4.78 is 26.7. The Balaban J connectivity index is 2.38. The largest absolute Gasteiger partial charge is 0.332 e. The molecule has 1 aromatic heterocycles. The zero-order chi connectivity index (χ0) is 13.3. The molecule has 0 amide bonds. The van der Waals surface area contributed by atoms with Crippen LogP contribution in [0.25, 0.3) is 0 Å². The summed E-state index contributed by atoms with van der Waals surface area (Å²) in [6.07, 6.45) is 4.10. The lowest BCUT2D eigenvalue weighted by atomic mass is 10.00. The number of nitrogens with one attached hydrogen (secondary N) is 1. The SMILES string of the molecule is Cc1ncc(S(=O)(=O)N2C(C)CCCC2CN)[nH]1. The van der Waals surface area contributed by atoms with Gasteiger partial charge in [0.2, 0.25) is 0 Å². The van der Waals surface area contributed by atoms with Gasteiger partial charge in [-0.15, -0.1) is 0 Å². The fourth-order valence-corrected chi connectivity index (χ4v) is 4.41. The molecule has 0 spiro atoms. The van der Waals surface area contributed by atoms with Crippen LogP contribution in [0.15, 0.2) is 11.2 Å². The van der Waals surface area contributed by atoms with Crippen molar-refractivity contribution >= 4 is 10.0 Å². The highest BCUT2D eigenvalue weighted by atomic mass is 32.2. The summed E-state index contributed by atoms with van der Waals surface area (Å²) in [5, 5.41) is 0.159. The van der Waals surface area contributed by atoms with Crippen molar-refractivity contribution in [1.82, 2.24) is 14.3 Å². The highest BCUT2D eigenvalue weighted by Crippen LogP contribution is 2.28. The number of rotatable bonds is 3. The Morgan fingerprint density at radius 1 is 1.56 bits per heavy atom. The van der Waals surface area contributed by atoms with Crippen LogP contribution in [0.1, 0.15) is 32.0 Å². The van der Waals surface area contributed by atoms with E-state index in [1.54, 1.807) is 11.2 Å². The van der Waals surface area contributed by atoms with Crippen LogP contribution in [0.4, 0.5) is 0 Å². The van der Waals surface area contributed by atoms with Gasteiger partial charge in [0.25, 0.3) is 10.0 Å². The monoisotopic (exact) mass is 272 g/mol. The van der Waals surface area contributed by atoms with Crippen LogP contribution in [0.3, 0.4) is 0 Å². The van der Waals surface area contributed by atoms with Crippen LogP contribution >= 0.6 is 0 Å². The standard InChI is InChI=1S/C11H20N4O2S/c1-8-4-3-5-10(6-12)15(8)18(16,17)11-7-13-9(2)14-11/h7-8,10H,3-6,12H2,1-2H3,(H,13,14). The van der Waals surface area contributed by atoms with Crippen molar-refractivity contribution in [3.63, 3.8) is 0 Å². The van der Waals surface area contributed by atoms with E-state index in [1.165, 1.54) is 6.20 Å². The molecule has 0 aromatic carbocycles. The fraction of sp³-hybridized carbons (Fsp3) is 0.727. The Labute approximate surface area is 108 Å². The van der Waals surface area contributed by atoms with E-state index < -0.39 is 10.0 Å². The molecule has 1 fully saturated rings. The van der Waals surface area contributed by atoms with Gasteiger partial charge in [-0.2, -0.15) is 4.31 Å². The third-order valence-corrected chi connectivity index (χ3v) is 5.44. The van der Waals surface area contributed by atoms with Gasteiger partial charge in [-0.3, -0.25) is 0 Å². The number of sulfonamides is 1. The maximum absolute atomic E-state index is 12.6. The predicted octanol–water partition coefficient (Wildman–Crippen LogP) is 0.609. The first kappa shape index (κ1) is 13.5. The summed E-state index contributed by atoms with van der Waals surface area (Å²) in [4.78, 5) is 6.76. The van der Waals surface area contributed by atoms with E-state index in [9.17, 15) is 8.42 Å². The summed E-state index contributed by atoms with van der Waals surface area (Å²) in [7, 11) is -3.52. The second-order valence-corrected chi connectivity index (χ2v) is 6.65. The van der Waals surface area contributed by atoms with Crippen LogP contribution in [-0.2, 0) is 10.0 Å². The van der Waals surface area contributed by atoms with Crippen LogP contribution in [0, 0.1) is 6.92 Å². The number of aromatic amines is 1. The van der Waals surface area contributed by atoms with E-state index in [0.29, 0.717) is 12.4 Å². The molecule has 1 aliphatic heterocycles. The maximum Gasteiger partial charge on any atom is 0.260 e. The molecule has 2 unspecified atom stereocenters. The first-order chi connectivity index (χ1) is 8.46. The van der Waals surface area contributed by atoms with Gasteiger partial charge in [-0.25, -0.2) is 13.4 Å². The number of nitrogens with zero attached hydrogens (tertiary/aromatic N) is 2. The summed E-state index contributed by atoms with van der Waals surface area (Å²) >= 11 is 0. The number of imidazole rings is 1. The number of piperidine rings is 1. The number of hydrogen-bond acceptors (Lipinski definition) is 4. The lowest BCUT2D eigenvalue weighted by molar-refractivity contribution is 0.195. The third-order valence-electron chi connectivity index (χ3n) is 3.46. The maximum atomic E-state index is 12.6. The van der Waals surface area contributed by atoms with E-state index in [1.807, 2.05) is 6.92 Å². The molecule has 2 heterocycles. The molecule has 2 atom stereocenters. The second-order valence-electron chi connectivity index (χ2n) is 4.84. The molecule has 0 bridgehead atoms. The first-order valence-corrected chi connectivity index (χ1v) is 7.66. The van der Waals surface area contributed by atoms with Crippen molar-refractivity contribution in [2.45, 2.75) is 50.2 Å². The Hall–Kier alpha value is -0.920. The zero-order valence-electron chi connectivity index (χ0n) is 10.8. The number of H-pyrrole nitrogens is 1. The molecule has 18 heavy (non-hydrogen) atoms. The molecule has 6 nitrogen and oxygen atoms in total. The van der Waals surface area contributed by atoms with Gasteiger partial charge in [0.1, 0.15) is 5.82 Å². The van der Waals surface area contributed by atoms with Crippen molar-refractivity contribution in [2.24, 2.45) is 5.73 Å². The molecule has 1 aliphatic rings. The third kappa shape index (κ3) is 2.30. The van der Waals surface area contributed by atoms with E-state index in [2.05, 4.69) is 9.97 Å². The first-order valence-electron chi connectivity index (χ1n) is 6.22. The van der Waals surface area contributed by atoms with Gasteiger partial charge >= 0.3 is 0 Å². The summed E-state index contributed by atoms with van der Waals surface area (Å²) in [5.74, 6) is 0.600. The van der Waals surface area contributed by atoms with Crippen molar-refractivity contribution in [3.8, 4) is 0 Å². The van der Waals surface area contributed by atoms with E-state index >= 15 is 0 Å². The molecule has 7 heteroatoms. The van der Waals surface area contributed by atoms with Gasteiger partial charge in [0.15, 0.2) is 5.03 Å². The van der Waals surface area contributed by atoms with E-state index in [4.69, 9.17) is 5.73 Å². The van der Waals surface area contributed by atoms with Gasteiger partial charge in [-0.1, -0.05) is 6.42 Å². The summed E-state index contributed by atoms with van der Waals surface area (Å²) in [6, 6.07) is -0.122. The van der Waals surface area contributed by atoms with Crippen LogP contribution in [0.5, 0.6) is 0 Å². The normalized spacial score (nSPS) is 26.4.